The minimum absolute atomic E-state index is 0.291. The van der Waals surface area contributed by atoms with E-state index in [-0.39, 0.29) is 0 Å². The van der Waals surface area contributed by atoms with Crippen molar-refractivity contribution in [2.75, 3.05) is 6.54 Å². The van der Waals surface area contributed by atoms with Crippen molar-refractivity contribution in [2.24, 2.45) is 0 Å². The van der Waals surface area contributed by atoms with Crippen molar-refractivity contribution in [1.29, 1.82) is 0 Å². The van der Waals surface area contributed by atoms with E-state index in [2.05, 4.69) is 45.7 Å². The van der Waals surface area contributed by atoms with Crippen molar-refractivity contribution in [3.05, 3.63) is 0 Å². The standard InChI is InChI=1S/C9H23NSi/c1-9(2,3)10-7-8-11(4,5)6/h10H,7-8H2,1-6H3. The molecule has 0 atom stereocenters. The van der Waals surface area contributed by atoms with Crippen LogP contribution in [0.1, 0.15) is 20.8 Å². The van der Waals surface area contributed by atoms with Crippen molar-refractivity contribution in [3.63, 3.8) is 0 Å². The van der Waals surface area contributed by atoms with Crippen LogP contribution in [0.25, 0.3) is 0 Å². The van der Waals surface area contributed by atoms with E-state index in [0.29, 0.717) is 5.54 Å². The second-order valence-electron chi connectivity index (χ2n) is 5.49. The Hall–Kier alpha value is 0.177. The molecule has 0 aromatic carbocycles. The van der Waals surface area contributed by atoms with E-state index >= 15 is 0 Å². The molecule has 0 aromatic rings. The van der Waals surface area contributed by atoms with Gasteiger partial charge < -0.3 is 5.32 Å². The zero-order valence-corrected chi connectivity index (χ0v) is 9.91. The average molecular weight is 173 g/mol. The third kappa shape index (κ3) is 10.2. The third-order valence-electron chi connectivity index (χ3n) is 1.53. The molecule has 0 aliphatic heterocycles. The first kappa shape index (κ1) is 11.2. The van der Waals surface area contributed by atoms with Crippen LogP contribution in [-0.4, -0.2) is 20.2 Å². The van der Waals surface area contributed by atoms with Gasteiger partial charge in [0.05, 0.1) is 0 Å². The number of hydrogen-bond acceptors (Lipinski definition) is 1. The molecule has 1 nitrogen and oxygen atoms in total. The van der Waals surface area contributed by atoms with Gasteiger partial charge in [0.2, 0.25) is 0 Å². The van der Waals surface area contributed by atoms with Gasteiger partial charge in [-0.05, 0) is 33.4 Å². The molecule has 68 valence electrons. The van der Waals surface area contributed by atoms with E-state index in [9.17, 15) is 0 Å². The minimum Gasteiger partial charge on any atom is -0.312 e. The minimum atomic E-state index is -0.819. The highest BCUT2D eigenvalue weighted by Crippen LogP contribution is 2.07. The fourth-order valence-electron chi connectivity index (χ4n) is 0.812. The van der Waals surface area contributed by atoms with Gasteiger partial charge >= 0.3 is 0 Å². The first-order valence-electron chi connectivity index (χ1n) is 4.46. The summed E-state index contributed by atoms with van der Waals surface area (Å²) in [5, 5.41) is 3.51. The second-order valence-corrected chi connectivity index (χ2v) is 11.1. The van der Waals surface area contributed by atoms with Crippen molar-refractivity contribution in [2.45, 2.75) is 52.0 Å². The maximum absolute atomic E-state index is 3.51. The van der Waals surface area contributed by atoms with Gasteiger partial charge in [0.25, 0.3) is 0 Å². The summed E-state index contributed by atoms with van der Waals surface area (Å²) in [5.74, 6) is 0. The molecule has 0 rings (SSSR count). The summed E-state index contributed by atoms with van der Waals surface area (Å²) in [6, 6.07) is 1.38. The highest BCUT2D eigenvalue weighted by atomic mass is 28.3. The van der Waals surface area contributed by atoms with Crippen molar-refractivity contribution in [1.82, 2.24) is 5.32 Å². The molecule has 0 bridgehead atoms. The molecule has 0 saturated carbocycles. The van der Waals surface area contributed by atoms with Gasteiger partial charge in [-0.1, -0.05) is 19.6 Å². The number of rotatable bonds is 3. The normalized spacial score (nSPS) is 13.6. The molecule has 0 fully saturated rings. The lowest BCUT2D eigenvalue weighted by molar-refractivity contribution is 0.438. The number of nitrogens with one attached hydrogen (secondary N) is 1. The smallest absolute Gasteiger partial charge is 0.0455 e. The summed E-state index contributed by atoms with van der Waals surface area (Å²) in [5.41, 5.74) is 0.291. The summed E-state index contributed by atoms with van der Waals surface area (Å²) >= 11 is 0. The van der Waals surface area contributed by atoms with Gasteiger partial charge in [0, 0.05) is 13.6 Å². The lowest BCUT2D eigenvalue weighted by atomic mass is 10.1. The summed E-state index contributed by atoms with van der Waals surface area (Å²) in [4.78, 5) is 0. The Morgan fingerprint density at radius 2 is 1.55 bits per heavy atom. The summed E-state index contributed by atoms with van der Waals surface area (Å²) < 4.78 is 0. The SMILES string of the molecule is CC(C)(C)NCC[Si](C)(C)C. The molecule has 0 aliphatic rings. The van der Waals surface area contributed by atoms with Gasteiger partial charge in [0.15, 0.2) is 0 Å². The Balaban J connectivity index is 3.44. The van der Waals surface area contributed by atoms with Crippen LogP contribution in [0.3, 0.4) is 0 Å². The molecule has 11 heavy (non-hydrogen) atoms. The van der Waals surface area contributed by atoms with Crippen LogP contribution >= 0.6 is 0 Å². The van der Waals surface area contributed by atoms with Gasteiger partial charge in [-0.3, -0.25) is 0 Å². The molecule has 0 spiro atoms. The average Bonchev–Trinajstić information content (AvgIpc) is 1.55. The topological polar surface area (TPSA) is 12.0 Å². The van der Waals surface area contributed by atoms with Crippen molar-refractivity contribution in [3.8, 4) is 0 Å². The van der Waals surface area contributed by atoms with Gasteiger partial charge in [-0.2, -0.15) is 0 Å². The van der Waals surface area contributed by atoms with Crippen LogP contribution in [0.4, 0.5) is 0 Å². The summed E-state index contributed by atoms with van der Waals surface area (Å²) in [7, 11) is -0.819. The monoisotopic (exact) mass is 173 g/mol. The summed E-state index contributed by atoms with van der Waals surface area (Å²) in [6.07, 6.45) is 0. The van der Waals surface area contributed by atoms with Crippen molar-refractivity contribution >= 4 is 8.07 Å². The zero-order valence-electron chi connectivity index (χ0n) is 8.91. The predicted octanol–water partition coefficient (Wildman–Crippen LogP) is 2.71. The second kappa shape index (κ2) is 3.72. The maximum atomic E-state index is 3.51. The Morgan fingerprint density at radius 1 is 1.09 bits per heavy atom. The molecule has 0 aliphatic carbocycles. The lowest BCUT2D eigenvalue weighted by Crippen LogP contribution is -2.39. The molecule has 0 unspecified atom stereocenters. The molecule has 0 heterocycles. The fraction of sp³-hybridized carbons (Fsp3) is 1.00. The molecule has 2 heteroatoms. The number of hydrogen-bond donors (Lipinski definition) is 1. The van der Waals surface area contributed by atoms with Crippen molar-refractivity contribution < 1.29 is 0 Å². The van der Waals surface area contributed by atoms with E-state index in [1.165, 1.54) is 12.6 Å². The zero-order chi connectivity index (χ0) is 9.12. The van der Waals surface area contributed by atoms with Crippen LogP contribution in [0, 0.1) is 0 Å². The highest BCUT2D eigenvalue weighted by molar-refractivity contribution is 6.76. The lowest BCUT2D eigenvalue weighted by Gasteiger charge is -2.23. The van der Waals surface area contributed by atoms with E-state index in [1.807, 2.05) is 0 Å². The van der Waals surface area contributed by atoms with Gasteiger partial charge in [-0.25, -0.2) is 0 Å². The van der Waals surface area contributed by atoms with Crippen LogP contribution in [-0.2, 0) is 0 Å². The fourth-order valence-corrected chi connectivity index (χ4v) is 1.69. The van der Waals surface area contributed by atoms with E-state index in [0.717, 1.165) is 0 Å². The highest BCUT2D eigenvalue weighted by Gasteiger charge is 2.14. The third-order valence-corrected chi connectivity index (χ3v) is 3.28. The first-order valence-corrected chi connectivity index (χ1v) is 8.16. The maximum Gasteiger partial charge on any atom is 0.0455 e. The van der Waals surface area contributed by atoms with Crippen LogP contribution < -0.4 is 5.32 Å². The Morgan fingerprint density at radius 3 is 1.82 bits per heavy atom. The van der Waals surface area contributed by atoms with Crippen LogP contribution in [0.5, 0.6) is 0 Å². The Kier molecular flexibility index (Phi) is 3.78. The van der Waals surface area contributed by atoms with E-state index < -0.39 is 8.07 Å². The molecule has 0 saturated heterocycles. The molecular weight excluding hydrogens is 150 g/mol. The largest absolute Gasteiger partial charge is 0.312 e. The van der Waals surface area contributed by atoms with Gasteiger partial charge in [0.1, 0.15) is 0 Å². The van der Waals surface area contributed by atoms with Crippen LogP contribution in [0.15, 0.2) is 0 Å². The molecule has 0 aromatic heterocycles. The molecule has 1 N–H and O–H groups in total. The predicted molar refractivity (Wildman–Crippen MR) is 55.9 cm³/mol. The first-order chi connectivity index (χ1) is 4.71. The molecule has 0 radical (unpaired) electrons. The Labute approximate surface area is 72.6 Å². The van der Waals surface area contributed by atoms with E-state index in [1.54, 1.807) is 0 Å². The Bertz CT molecular complexity index is 93.7. The van der Waals surface area contributed by atoms with E-state index in [4.69, 9.17) is 0 Å². The quantitative estimate of drug-likeness (QED) is 0.647. The van der Waals surface area contributed by atoms with Gasteiger partial charge in [-0.15, -0.1) is 0 Å². The van der Waals surface area contributed by atoms with Crippen LogP contribution in [0.2, 0.25) is 25.7 Å². The summed E-state index contributed by atoms with van der Waals surface area (Å²) in [6.45, 7) is 15.1. The molecular formula is C9H23NSi. The molecule has 0 amide bonds.